The number of nitro benzene ring substituents is 1. The zero-order valence-corrected chi connectivity index (χ0v) is 16.3. The van der Waals surface area contributed by atoms with E-state index in [4.69, 9.17) is 9.47 Å². The zero-order chi connectivity index (χ0) is 20.2. The number of nitro groups is 1. The van der Waals surface area contributed by atoms with Crippen LogP contribution in [0.4, 0.5) is 5.69 Å². The SMILES string of the molecule is COc1ccccc1C1(CNS(=O)(=O)c2ccc([N+](=O)[O-])cc2)CCOCC1. The quantitative estimate of drug-likeness (QED) is 0.559. The highest BCUT2D eigenvalue weighted by atomic mass is 32.2. The van der Waals surface area contributed by atoms with E-state index in [1.54, 1.807) is 7.11 Å². The van der Waals surface area contributed by atoms with Crippen molar-refractivity contribution in [3.8, 4) is 5.75 Å². The van der Waals surface area contributed by atoms with E-state index < -0.39 is 20.4 Å². The third-order valence-corrected chi connectivity index (χ3v) is 6.50. The number of rotatable bonds is 7. The maximum Gasteiger partial charge on any atom is 0.269 e. The molecule has 9 heteroatoms. The van der Waals surface area contributed by atoms with Gasteiger partial charge in [-0.2, -0.15) is 0 Å². The highest BCUT2D eigenvalue weighted by Gasteiger charge is 2.37. The predicted octanol–water partition coefficient (Wildman–Crippen LogP) is 2.63. The lowest BCUT2D eigenvalue weighted by molar-refractivity contribution is -0.384. The Balaban J connectivity index is 1.86. The summed E-state index contributed by atoms with van der Waals surface area (Å²) < 4.78 is 39.1. The summed E-state index contributed by atoms with van der Waals surface area (Å²) in [7, 11) is -2.23. The van der Waals surface area contributed by atoms with Crippen molar-refractivity contribution in [2.45, 2.75) is 23.2 Å². The van der Waals surface area contributed by atoms with Crippen LogP contribution in [-0.2, 0) is 20.2 Å². The second-order valence-electron chi connectivity index (χ2n) is 6.67. The molecular weight excluding hydrogens is 384 g/mol. The van der Waals surface area contributed by atoms with E-state index in [1.165, 1.54) is 24.3 Å². The van der Waals surface area contributed by atoms with E-state index in [0.717, 1.165) is 5.56 Å². The third-order valence-electron chi connectivity index (χ3n) is 5.09. The number of hydrogen-bond acceptors (Lipinski definition) is 6. The molecule has 0 atom stereocenters. The molecule has 3 rings (SSSR count). The number of sulfonamides is 1. The normalized spacial score (nSPS) is 16.5. The summed E-state index contributed by atoms with van der Waals surface area (Å²) in [6.45, 7) is 1.23. The van der Waals surface area contributed by atoms with Crippen LogP contribution in [0.2, 0.25) is 0 Å². The van der Waals surface area contributed by atoms with Gasteiger partial charge in [0.05, 0.1) is 16.9 Å². The van der Waals surface area contributed by atoms with E-state index >= 15 is 0 Å². The van der Waals surface area contributed by atoms with Gasteiger partial charge in [0.1, 0.15) is 5.75 Å². The number of nitrogens with one attached hydrogen (secondary N) is 1. The Hall–Kier alpha value is -2.49. The average molecular weight is 406 g/mol. The number of nitrogens with zero attached hydrogens (tertiary/aromatic N) is 1. The Kier molecular flexibility index (Phi) is 5.97. The van der Waals surface area contributed by atoms with Gasteiger partial charge in [-0.25, -0.2) is 13.1 Å². The highest BCUT2D eigenvalue weighted by molar-refractivity contribution is 7.89. The van der Waals surface area contributed by atoms with Crippen LogP contribution in [0, 0.1) is 10.1 Å². The van der Waals surface area contributed by atoms with Gasteiger partial charge in [0.15, 0.2) is 0 Å². The second kappa shape index (κ2) is 8.26. The van der Waals surface area contributed by atoms with Gasteiger partial charge in [0.2, 0.25) is 10.0 Å². The van der Waals surface area contributed by atoms with Crippen molar-refractivity contribution < 1.29 is 22.8 Å². The van der Waals surface area contributed by atoms with E-state index in [2.05, 4.69) is 4.72 Å². The van der Waals surface area contributed by atoms with Crippen molar-refractivity contribution in [2.24, 2.45) is 0 Å². The molecule has 0 saturated carbocycles. The lowest BCUT2D eigenvalue weighted by Crippen LogP contribution is -2.44. The van der Waals surface area contributed by atoms with Crippen LogP contribution in [-0.4, -0.2) is 40.2 Å². The molecule has 1 aliphatic rings. The zero-order valence-electron chi connectivity index (χ0n) is 15.5. The van der Waals surface area contributed by atoms with Crippen LogP contribution in [0.5, 0.6) is 5.75 Å². The van der Waals surface area contributed by atoms with Crippen molar-refractivity contribution in [3.63, 3.8) is 0 Å². The van der Waals surface area contributed by atoms with Gasteiger partial charge in [-0.1, -0.05) is 18.2 Å². The van der Waals surface area contributed by atoms with Crippen LogP contribution < -0.4 is 9.46 Å². The fourth-order valence-corrected chi connectivity index (χ4v) is 4.58. The standard InChI is InChI=1S/C19H22N2O6S/c1-26-18-5-3-2-4-17(18)19(10-12-27-13-11-19)14-20-28(24,25)16-8-6-15(7-9-16)21(22)23/h2-9,20H,10-14H2,1H3. The Morgan fingerprint density at radius 2 is 1.79 bits per heavy atom. The molecule has 0 aromatic heterocycles. The average Bonchev–Trinajstić information content (AvgIpc) is 2.73. The summed E-state index contributed by atoms with van der Waals surface area (Å²) in [4.78, 5) is 10.2. The first-order valence-electron chi connectivity index (χ1n) is 8.83. The van der Waals surface area contributed by atoms with E-state index in [0.29, 0.717) is 31.8 Å². The van der Waals surface area contributed by atoms with Gasteiger partial charge in [0.25, 0.3) is 5.69 Å². The molecule has 0 unspecified atom stereocenters. The Bertz CT molecular complexity index is 937. The number of ether oxygens (including phenoxy) is 2. The minimum atomic E-state index is -3.82. The molecule has 2 aromatic rings. The van der Waals surface area contributed by atoms with Crippen LogP contribution >= 0.6 is 0 Å². The topological polar surface area (TPSA) is 108 Å². The molecule has 28 heavy (non-hydrogen) atoms. The molecule has 1 N–H and O–H groups in total. The van der Waals surface area contributed by atoms with Gasteiger partial charge in [-0.3, -0.25) is 10.1 Å². The molecule has 2 aromatic carbocycles. The van der Waals surface area contributed by atoms with Crippen molar-refractivity contribution in [2.75, 3.05) is 26.9 Å². The summed E-state index contributed by atoms with van der Waals surface area (Å²) >= 11 is 0. The number of para-hydroxylation sites is 1. The summed E-state index contributed by atoms with van der Waals surface area (Å²) in [5.41, 5.74) is 0.319. The molecule has 0 bridgehead atoms. The summed E-state index contributed by atoms with van der Waals surface area (Å²) in [5, 5.41) is 10.8. The molecule has 1 saturated heterocycles. The maximum atomic E-state index is 12.7. The van der Waals surface area contributed by atoms with E-state index in [-0.39, 0.29) is 17.1 Å². The smallest absolute Gasteiger partial charge is 0.269 e. The van der Waals surface area contributed by atoms with Gasteiger partial charge in [-0.05, 0) is 31.0 Å². The Morgan fingerprint density at radius 3 is 2.39 bits per heavy atom. The van der Waals surface area contributed by atoms with Gasteiger partial charge in [0, 0.05) is 42.9 Å². The largest absolute Gasteiger partial charge is 0.496 e. The molecule has 150 valence electrons. The number of hydrogen-bond donors (Lipinski definition) is 1. The molecule has 1 aliphatic heterocycles. The van der Waals surface area contributed by atoms with Crippen LogP contribution in [0.15, 0.2) is 53.4 Å². The Morgan fingerprint density at radius 1 is 1.14 bits per heavy atom. The number of non-ortho nitro benzene ring substituents is 1. The van der Waals surface area contributed by atoms with Gasteiger partial charge in [-0.15, -0.1) is 0 Å². The molecule has 1 fully saturated rings. The molecule has 0 amide bonds. The minimum absolute atomic E-state index is 0.0136. The second-order valence-corrected chi connectivity index (χ2v) is 8.44. The minimum Gasteiger partial charge on any atom is -0.496 e. The van der Waals surface area contributed by atoms with E-state index in [9.17, 15) is 18.5 Å². The predicted molar refractivity (Wildman–Crippen MR) is 103 cm³/mol. The molecule has 0 aliphatic carbocycles. The van der Waals surface area contributed by atoms with Gasteiger partial charge >= 0.3 is 0 Å². The van der Waals surface area contributed by atoms with Crippen molar-refractivity contribution in [3.05, 3.63) is 64.2 Å². The summed E-state index contributed by atoms with van der Waals surface area (Å²) in [5.74, 6) is 0.707. The molecule has 0 radical (unpaired) electrons. The van der Waals surface area contributed by atoms with Crippen molar-refractivity contribution in [1.82, 2.24) is 4.72 Å². The lowest BCUT2D eigenvalue weighted by atomic mass is 9.74. The summed E-state index contributed by atoms with van der Waals surface area (Å²) in [6, 6.07) is 12.4. The van der Waals surface area contributed by atoms with Crippen molar-refractivity contribution in [1.29, 1.82) is 0 Å². The lowest BCUT2D eigenvalue weighted by Gasteiger charge is -2.38. The summed E-state index contributed by atoms with van der Waals surface area (Å²) in [6.07, 6.45) is 1.30. The number of methoxy groups -OCH3 is 1. The number of benzene rings is 2. The molecular formula is C19H22N2O6S. The monoisotopic (exact) mass is 406 g/mol. The van der Waals surface area contributed by atoms with E-state index in [1.807, 2.05) is 24.3 Å². The highest BCUT2D eigenvalue weighted by Crippen LogP contribution is 2.39. The third kappa shape index (κ3) is 4.16. The van der Waals surface area contributed by atoms with Gasteiger partial charge < -0.3 is 9.47 Å². The first-order valence-corrected chi connectivity index (χ1v) is 10.3. The van der Waals surface area contributed by atoms with Crippen LogP contribution in [0.25, 0.3) is 0 Å². The van der Waals surface area contributed by atoms with Crippen LogP contribution in [0.1, 0.15) is 18.4 Å². The fraction of sp³-hybridized carbons (Fsp3) is 0.368. The Labute approximate surface area is 163 Å². The van der Waals surface area contributed by atoms with Crippen molar-refractivity contribution >= 4 is 15.7 Å². The molecule has 1 heterocycles. The maximum absolute atomic E-state index is 12.7. The molecule has 8 nitrogen and oxygen atoms in total. The molecule has 0 spiro atoms. The fourth-order valence-electron chi connectivity index (χ4n) is 3.45. The first kappa shape index (κ1) is 20.2. The first-order chi connectivity index (χ1) is 13.4. The van der Waals surface area contributed by atoms with Crippen LogP contribution in [0.3, 0.4) is 0 Å².